The van der Waals surface area contributed by atoms with Crippen molar-refractivity contribution in [3.05, 3.63) is 77.9 Å². The van der Waals surface area contributed by atoms with Gasteiger partial charge in [-0.15, -0.1) is 0 Å². The molecule has 0 unspecified atom stereocenters. The summed E-state index contributed by atoms with van der Waals surface area (Å²) in [6.07, 6.45) is 4.16. The number of nitrogens with one attached hydrogen (secondary N) is 1. The van der Waals surface area contributed by atoms with Gasteiger partial charge in [-0.25, -0.2) is 0 Å². The van der Waals surface area contributed by atoms with E-state index in [0.717, 1.165) is 17.1 Å². The number of thiocarbonyl (C=S) groups is 1. The smallest absolute Gasteiger partial charge is 0.106 e. The molecule has 2 heteroatoms. The highest BCUT2D eigenvalue weighted by Gasteiger charge is 1.96. The van der Waals surface area contributed by atoms with Crippen LogP contribution in [0.1, 0.15) is 11.1 Å². The van der Waals surface area contributed by atoms with Gasteiger partial charge in [-0.2, -0.15) is 0 Å². The molecule has 0 spiro atoms. The van der Waals surface area contributed by atoms with Gasteiger partial charge in [0.1, 0.15) is 4.99 Å². The van der Waals surface area contributed by atoms with E-state index in [2.05, 4.69) is 29.6 Å². The third kappa shape index (κ3) is 3.82. The van der Waals surface area contributed by atoms with E-state index in [0.29, 0.717) is 0 Å². The maximum atomic E-state index is 5.31. The van der Waals surface area contributed by atoms with Crippen LogP contribution >= 0.6 is 12.2 Å². The summed E-state index contributed by atoms with van der Waals surface area (Å²) in [4.78, 5) is 0.785. The van der Waals surface area contributed by atoms with Crippen molar-refractivity contribution in [3.8, 4) is 0 Å². The zero-order chi connectivity index (χ0) is 12.6. The van der Waals surface area contributed by atoms with Gasteiger partial charge in [0.15, 0.2) is 0 Å². The van der Waals surface area contributed by atoms with Gasteiger partial charge in [0.2, 0.25) is 0 Å². The largest absolute Gasteiger partial charge is 0.372 e. The van der Waals surface area contributed by atoms with Gasteiger partial charge in [-0.3, -0.25) is 0 Å². The summed E-state index contributed by atoms with van der Waals surface area (Å²) in [6.45, 7) is 0.739. The summed E-state index contributed by atoms with van der Waals surface area (Å²) in [6, 6.07) is 20.2. The van der Waals surface area contributed by atoms with Crippen LogP contribution in [0.3, 0.4) is 0 Å². The van der Waals surface area contributed by atoms with Crippen LogP contribution in [0.5, 0.6) is 0 Å². The fourth-order valence-electron chi connectivity index (χ4n) is 1.60. The van der Waals surface area contributed by atoms with Crippen molar-refractivity contribution in [1.82, 2.24) is 5.32 Å². The molecule has 0 saturated heterocycles. The Balaban J connectivity index is 1.83. The minimum atomic E-state index is 0.739. The highest BCUT2D eigenvalue weighted by molar-refractivity contribution is 7.80. The standard InChI is InChI=1S/C16H15NS/c18-16(15-11-5-2-6-12-15)17-13-7-10-14-8-3-1-4-9-14/h1-12H,13H2,(H,17,18)/b10-7-. The second-order valence-corrected chi connectivity index (χ2v) is 4.30. The van der Waals surface area contributed by atoms with E-state index in [1.807, 2.05) is 48.5 Å². The van der Waals surface area contributed by atoms with Crippen LogP contribution in [0.4, 0.5) is 0 Å². The molecule has 0 saturated carbocycles. The lowest BCUT2D eigenvalue weighted by atomic mass is 10.2. The van der Waals surface area contributed by atoms with Crippen molar-refractivity contribution >= 4 is 23.3 Å². The molecule has 1 N–H and O–H groups in total. The summed E-state index contributed by atoms with van der Waals surface area (Å²) >= 11 is 5.31. The molecule has 0 aliphatic heterocycles. The van der Waals surface area contributed by atoms with E-state index in [1.54, 1.807) is 0 Å². The molecule has 0 aliphatic rings. The predicted molar refractivity (Wildman–Crippen MR) is 81.6 cm³/mol. The molecule has 0 atom stereocenters. The van der Waals surface area contributed by atoms with Crippen LogP contribution in [-0.4, -0.2) is 11.5 Å². The van der Waals surface area contributed by atoms with E-state index >= 15 is 0 Å². The van der Waals surface area contributed by atoms with Crippen molar-refractivity contribution in [2.75, 3.05) is 6.54 Å². The van der Waals surface area contributed by atoms with E-state index < -0.39 is 0 Å². The maximum absolute atomic E-state index is 5.31. The van der Waals surface area contributed by atoms with E-state index in [1.165, 1.54) is 5.56 Å². The Morgan fingerprint density at radius 1 is 0.944 bits per heavy atom. The van der Waals surface area contributed by atoms with Crippen LogP contribution in [0.25, 0.3) is 6.08 Å². The first-order valence-electron chi connectivity index (χ1n) is 5.91. The van der Waals surface area contributed by atoms with Crippen molar-refractivity contribution in [1.29, 1.82) is 0 Å². The molecule has 0 amide bonds. The lowest BCUT2D eigenvalue weighted by Gasteiger charge is -2.04. The molecule has 2 aromatic rings. The first-order valence-corrected chi connectivity index (χ1v) is 6.32. The number of rotatable bonds is 4. The molecule has 2 rings (SSSR count). The fraction of sp³-hybridized carbons (Fsp3) is 0.0625. The maximum Gasteiger partial charge on any atom is 0.106 e. The summed E-state index contributed by atoms with van der Waals surface area (Å²) in [5, 5.41) is 3.21. The fourth-order valence-corrected chi connectivity index (χ4v) is 1.82. The lowest BCUT2D eigenvalue weighted by molar-refractivity contribution is 1.07. The van der Waals surface area contributed by atoms with Crippen LogP contribution < -0.4 is 5.32 Å². The molecule has 0 aliphatic carbocycles. The molecule has 0 heterocycles. The van der Waals surface area contributed by atoms with Crippen molar-refractivity contribution in [3.63, 3.8) is 0 Å². The van der Waals surface area contributed by atoms with E-state index in [4.69, 9.17) is 12.2 Å². The van der Waals surface area contributed by atoms with Crippen LogP contribution in [-0.2, 0) is 0 Å². The second kappa shape index (κ2) is 6.72. The quantitative estimate of drug-likeness (QED) is 0.834. The minimum absolute atomic E-state index is 0.739. The first kappa shape index (κ1) is 12.5. The highest BCUT2D eigenvalue weighted by Crippen LogP contribution is 2.01. The Morgan fingerprint density at radius 2 is 1.56 bits per heavy atom. The molecule has 18 heavy (non-hydrogen) atoms. The summed E-state index contributed by atoms with van der Waals surface area (Å²) in [5.74, 6) is 0. The Kier molecular flexibility index (Phi) is 4.68. The zero-order valence-corrected chi connectivity index (χ0v) is 10.9. The number of hydrogen-bond acceptors (Lipinski definition) is 1. The monoisotopic (exact) mass is 253 g/mol. The lowest BCUT2D eigenvalue weighted by Crippen LogP contribution is -2.21. The Hall–Kier alpha value is -1.93. The topological polar surface area (TPSA) is 12.0 Å². The number of hydrogen-bond donors (Lipinski definition) is 1. The van der Waals surface area contributed by atoms with Crippen LogP contribution in [0.2, 0.25) is 0 Å². The van der Waals surface area contributed by atoms with Crippen molar-refractivity contribution in [2.45, 2.75) is 0 Å². The molecular formula is C16H15NS. The van der Waals surface area contributed by atoms with Crippen molar-refractivity contribution < 1.29 is 0 Å². The Morgan fingerprint density at radius 3 is 2.22 bits per heavy atom. The van der Waals surface area contributed by atoms with Gasteiger partial charge in [-0.1, -0.05) is 85.0 Å². The summed E-state index contributed by atoms with van der Waals surface area (Å²) < 4.78 is 0. The predicted octanol–water partition coefficient (Wildman–Crippen LogP) is 3.67. The van der Waals surface area contributed by atoms with Crippen LogP contribution in [0, 0.1) is 0 Å². The van der Waals surface area contributed by atoms with Gasteiger partial charge < -0.3 is 5.32 Å². The minimum Gasteiger partial charge on any atom is -0.372 e. The van der Waals surface area contributed by atoms with Crippen molar-refractivity contribution in [2.24, 2.45) is 0 Å². The van der Waals surface area contributed by atoms with E-state index in [-0.39, 0.29) is 0 Å². The summed E-state index contributed by atoms with van der Waals surface area (Å²) in [7, 11) is 0. The summed E-state index contributed by atoms with van der Waals surface area (Å²) in [5.41, 5.74) is 2.26. The van der Waals surface area contributed by atoms with Gasteiger partial charge in [0.25, 0.3) is 0 Å². The van der Waals surface area contributed by atoms with E-state index in [9.17, 15) is 0 Å². The third-order valence-corrected chi connectivity index (χ3v) is 2.91. The van der Waals surface area contributed by atoms with Gasteiger partial charge in [0.05, 0.1) is 0 Å². The molecule has 2 aromatic carbocycles. The Bertz CT molecular complexity index is 517. The highest BCUT2D eigenvalue weighted by atomic mass is 32.1. The molecule has 0 bridgehead atoms. The number of benzene rings is 2. The van der Waals surface area contributed by atoms with Gasteiger partial charge in [0, 0.05) is 12.1 Å². The normalized spacial score (nSPS) is 10.4. The third-order valence-electron chi connectivity index (χ3n) is 2.53. The molecule has 0 aromatic heterocycles. The zero-order valence-electron chi connectivity index (χ0n) is 10.0. The molecule has 1 nitrogen and oxygen atoms in total. The second-order valence-electron chi connectivity index (χ2n) is 3.89. The SMILES string of the molecule is S=C(NC/C=C\c1ccccc1)c1ccccc1. The van der Waals surface area contributed by atoms with Gasteiger partial charge in [-0.05, 0) is 5.56 Å². The van der Waals surface area contributed by atoms with Crippen LogP contribution in [0.15, 0.2) is 66.7 Å². The van der Waals surface area contributed by atoms with Gasteiger partial charge >= 0.3 is 0 Å². The molecule has 0 radical (unpaired) electrons. The average Bonchev–Trinajstić information content (AvgIpc) is 2.45. The molecular weight excluding hydrogens is 238 g/mol. The molecule has 90 valence electrons. The Labute approximate surface area is 113 Å². The first-order chi connectivity index (χ1) is 8.86. The average molecular weight is 253 g/mol. The molecule has 0 fully saturated rings.